The second kappa shape index (κ2) is 10.9. The molecule has 0 aliphatic carbocycles. The van der Waals surface area contributed by atoms with Crippen molar-refractivity contribution < 1.29 is 9.53 Å². The molecule has 28 heavy (non-hydrogen) atoms. The number of fused-ring (bicyclic) bond motifs is 1. The maximum atomic E-state index is 12.1. The third kappa shape index (κ3) is 6.12. The van der Waals surface area contributed by atoms with Gasteiger partial charge in [0, 0.05) is 30.5 Å². The minimum absolute atomic E-state index is 0. The molecule has 0 bridgehead atoms. The van der Waals surface area contributed by atoms with Gasteiger partial charge in [-0.15, -0.1) is 24.8 Å². The molecule has 1 atom stereocenters. The summed E-state index contributed by atoms with van der Waals surface area (Å²) in [6.07, 6.45) is 4.00. The van der Waals surface area contributed by atoms with Crippen LogP contribution in [0.3, 0.4) is 0 Å². The lowest BCUT2D eigenvalue weighted by Gasteiger charge is -2.11. The lowest BCUT2D eigenvalue weighted by atomic mass is 10.2. The van der Waals surface area contributed by atoms with Gasteiger partial charge in [-0.2, -0.15) is 0 Å². The first-order valence-electron chi connectivity index (χ1n) is 8.67. The predicted molar refractivity (Wildman–Crippen MR) is 116 cm³/mol. The molecule has 0 aliphatic heterocycles. The first kappa shape index (κ1) is 23.8. The van der Waals surface area contributed by atoms with Gasteiger partial charge in [-0.05, 0) is 56.8 Å². The fourth-order valence-electron chi connectivity index (χ4n) is 2.53. The molecule has 2 heterocycles. The summed E-state index contributed by atoms with van der Waals surface area (Å²) in [7, 11) is 1.87. The van der Waals surface area contributed by atoms with E-state index in [2.05, 4.69) is 15.6 Å². The predicted octanol–water partition coefficient (Wildman–Crippen LogP) is 3.40. The second-order valence-corrected chi connectivity index (χ2v) is 6.42. The smallest absolute Gasteiger partial charge is 0.251 e. The van der Waals surface area contributed by atoms with Crippen molar-refractivity contribution in [3.63, 3.8) is 0 Å². The number of carbonyl (C=O) groups is 1. The molecule has 152 valence electrons. The third-order valence-electron chi connectivity index (χ3n) is 4.21. The number of amides is 1. The standard InChI is InChI=1S/C20H24N4O2.2ClH/c1-14-4-9-19-23-17(12-24(19)11-14)13-26-18-7-5-16(6-8-18)20(25)22-10-15(2)21-3;;/h4-9,11-12,15,21H,10,13H2,1-3H3,(H,22,25);2*1H. The Bertz CT molecular complexity index is 897. The van der Waals surface area contributed by atoms with Crippen LogP contribution < -0.4 is 15.4 Å². The number of aryl methyl sites for hydroxylation is 1. The van der Waals surface area contributed by atoms with E-state index in [1.807, 2.05) is 49.8 Å². The molecule has 0 saturated carbocycles. The highest BCUT2D eigenvalue weighted by molar-refractivity contribution is 5.94. The van der Waals surface area contributed by atoms with E-state index in [1.54, 1.807) is 24.3 Å². The van der Waals surface area contributed by atoms with Gasteiger partial charge in [0.25, 0.3) is 5.91 Å². The fourth-order valence-corrected chi connectivity index (χ4v) is 2.53. The summed E-state index contributed by atoms with van der Waals surface area (Å²) < 4.78 is 7.78. The first-order valence-corrected chi connectivity index (χ1v) is 8.67. The average Bonchev–Trinajstić information content (AvgIpc) is 3.06. The largest absolute Gasteiger partial charge is 0.487 e. The molecule has 0 saturated heterocycles. The summed E-state index contributed by atoms with van der Waals surface area (Å²) in [4.78, 5) is 16.6. The van der Waals surface area contributed by atoms with E-state index >= 15 is 0 Å². The van der Waals surface area contributed by atoms with E-state index < -0.39 is 0 Å². The Labute approximate surface area is 177 Å². The zero-order chi connectivity index (χ0) is 18.5. The lowest BCUT2D eigenvalue weighted by molar-refractivity contribution is 0.0950. The molecule has 6 nitrogen and oxygen atoms in total. The van der Waals surface area contributed by atoms with Crippen molar-refractivity contribution >= 4 is 36.4 Å². The van der Waals surface area contributed by atoms with Gasteiger partial charge in [-0.3, -0.25) is 4.79 Å². The van der Waals surface area contributed by atoms with Crippen molar-refractivity contribution in [1.29, 1.82) is 0 Å². The van der Waals surface area contributed by atoms with Crippen LogP contribution in [-0.4, -0.2) is 34.9 Å². The Morgan fingerprint density at radius 1 is 1.14 bits per heavy atom. The molecule has 0 radical (unpaired) electrons. The maximum Gasteiger partial charge on any atom is 0.251 e. The van der Waals surface area contributed by atoms with Gasteiger partial charge < -0.3 is 19.8 Å². The Balaban J connectivity index is 0.00000196. The summed E-state index contributed by atoms with van der Waals surface area (Å²) in [5.74, 6) is 0.618. The van der Waals surface area contributed by atoms with Crippen molar-refractivity contribution in [2.24, 2.45) is 0 Å². The molecule has 3 aromatic rings. The van der Waals surface area contributed by atoms with Crippen LogP contribution in [0, 0.1) is 6.92 Å². The molecule has 1 unspecified atom stereocenters. The maximum absolute atomic E-state index is 12.1. The van der Waals surface area contributed by atoms with Crippen molar-refractivity contribution in [1.82, 2.24) is 20.0 Å². The summed E-state index contributed by atoms with van der Waals surface area (Å²) in [5.41, 5.74) is 3.56. The van der Waals surface area contributed by atoms with Gasteiger partial charge >= 0.3 is 0 Å². The molecule has 2 N–H and O–H groups in total. The number of aromatic nitrogens is 2. The van der Waals surface area contributed by atoms with Gasteiger partial charge in [0.2, 0.25) is 0 Å². The molecule has 2 aromatic heterocycles. The number of benzene rings is 1. The van der Waals surface area contributed by atoms with Crippen LogP contribution in [0.1, 0.15) is 28.5 Å². The van der Waals surface area contributed by atoms with Crippen LogP contribution in [0.2, 0.25) is 0 Å². The van der Waals surface area contributed by atoms with Crippen LogP contribution >= 0.6 is 24.8 Å². The van der Waals surface area contributed by atoms with Crippen molar-refractivity contribution in [2.75, 3.05) is 13.6 Å². The Morgan fingerprint density at radius 2 is 1.86 bits per heavy atom. The number of nitrogens with one attached hydrogen (secondary N) is 2. The topological polar surface area (TPSA) is 67.7 Å². The molecule has 1 aromatic carbocycles. The Kier molecular flexibility index (Phi) is 9.25. The van der Waals surface area contributed by atoms with Crippen LogP contribution in [-0.2, 0) is 6.61 Å². The number of rotatable bonds is 7. The Morgan fingerprint density at radius 3 is 2.54 bits per heavy atom. The summed E-state index contributed by atoms with van der Waals surface area (Å²) in [6.45, 7) is 5.03. The zero-order valence-corrected chi connectivity index (χ0v) is 17.8. The molecular formula is C20H26Cl2N4O2. The van der Waals surface area contributed by atoms with Crippen LogP contribution in [0.25, 0.3) is 5.65 Å². The monoisotopic (exact) mass is 424 g/mol. The number of likely N-dealkylation sites (N-methyl/N-ethyl adjacent to an activating group) is 1. The van der Waals surface area contributed by atoms with E-state index in [9.17, 15) is 4.79 Å². The van der Waals surface area contributed by atoms with E-state index in [4.69, 9.17) is 4.74 Å². The van der Waals surface area contributed by atoms with Crippen molar-refractivity contribution in [3.05, 3.63) is 65.6 Å². The van der Waals surface area contributed by atoms with E-state index in [0.717, 1.165) is 11.3 Å². The molecule has 1 amide bonds. The van der Waals surface area contributed by atoms with Crippen LogP contribution in [0.5, 0.6) is 5.75 Å². The number of carbonyl (C=O) groups excluding carboxylic acids is 1. The van der Waals surface area contributed by atoms with E-state index in [-0.39, 0.29) is 36.8 Å². The lowest BCUT2D eigenvalue weighted by Crippen LogP contribution is -2.37. The van der Waals surface area contributed by atoms with Gasteiger partial charge in [-0.1, -0.05) is 6.07 Å². The number of halogens is 2. The van der Waals surface area contributed by atoms with Gasteiger partial charge in [0.15, 0.2) is 0 Å². The Hall–Kier alpha value is -2.28. The van der Waals surface area contributed by atoms with Gasteiger partial charge in [0.05, 0.1) is 5.69 Å². The third-order valence-corrected chi connectivity index (χ3v) is 4.21. The minimum atomic E-state index is -0.0885. The van der Waals surface area contributed by atoms with Crippen molar-refractivity contribution in [2.45, 2.75) is 26.5 Å². The molecule has 0 aliphatic rings. The number of nitrogens with zero attached hydrogens (tertiary/aromatic N) is 2. The number of pyridine rings is 1. The molecule has 0 fully saturated rings. The van der Waals surface area contributed by atoms with Crippen LogP contribution in [0.4, 0.5) is 0 Å². The highest BCUT2D eigenvalue weighted by Crippen LogP contribution is 2.15. The highest BCUT2D eigenvalue weighted by atomic mass is 35.5. The number of imidazole rings is 1. The van der Waals surface area contributed by atoms with Crippen LogP contribution in [0.15, 0.2) is 48.8 Å². The normalized spacial score (nSPS) is 11.2. The molecule has 8 heteroatoms. The quantitative estimate of drug-likeness (QED) is 0.609. The number of hydrogen-bond donors (Lipinski definition) is 2. The zero-order valence-electron chi connectivity index (χ0n) is 16.1. The summed E-state index contributed by atoms with van der Waals surface area (Å²) in [5, 5.41) is 5.97. The number of hydrogen-bond acceptors (Lipinski definition) is 4. The van der Waals surface area contributed by atoms with Crippen molar-refractivity contribution in [3.8, 4) is 5.75 Å². The molecular weight excluding hydrogens is 399 g/mol. The first-order chi connectivity index (χ1) is 12.5. The minimum Gasteiger partial charge on any atom is -0.487 e. The second-order valence-electron chi connectivity index (χ2n) is 6.42. The fraction of sp³-hybridized carbons (Fsp3) is 0.300. The van der Waals surface area contributed by atoms with Gasteiger partial charge in [-0.25, -0.2) is 4.98 Å². The number of ether oxygens (including phenoxy) is 1. The average molecular weight is 425 g/mol. The highest BCUT2D eigenvalue weighted by Gasteiger charge is 2.08. The molecule has 3 rings (SSSR count). The molecule has 0 spiro atoms. The SMILES string of the molecule is CNC(C)CNC(=O)c1ccc(OCc2cn3cc(C)ccc3n2)cc1.Cl.Cl. The van der Waals surface area contributed by atoms with E-state index in [1.165, 1.54) is 5.56 Å². The van der Waals surface area contributed by atoms with E-state index in [0.29, 0.717) is 24.5 Å². The summed E-state index contributed by atoms with van der Waals surface area (Å²) in [6, 6.07) is 11.4. The summed E-state index contributed by atoms with van der Waals surface area (Å²) >= 11 is 0. The van der Waals surface area contributed by atoms with Gasteiger partial charge in [0.1, 0.15) is 18.0 Å².